The lowest BCUT2D eigenvalue weighted by Crippen LogP contribution is -2.15. The van der Waals surface area contributed by atoms with Gasteiger partial charge in [0.2, 0.25) is 11.9 Å². The third-order valence-electron chi connectivity index (χ3n) is 4.57. The molecule has 0 aromatic carbocycles. The number of anilines is 2. The molecule has 20 heavy (non-hydrogen) atoms. The van der Waals surface area contributed by atoms with E-state index in [4.69, 9.17) is 4.74 Å². The summed E-state index contributed by atoms with van der Waals surface area (Å²) in [4.78, 5) is 12.9. The lowest BCUT2D eigenvalue weighted by molar-refractivity contribution is 0.292. The minimum atomic E-state index is 0.226. The highest BCUT2D eigenvalue weighted by Gasteiger charge is 2.65. The maximum atomic E-state index is 5.50. The van der Waals surface area contributed by atoms with Crippen LogP contribution in [0.1, 0.15) is 41.0 Å². The first-order valence-electron chi connectivity index (χ1n) is 7.16. The van der Waals surface area contributed by atoms with Gasteiger partial charge < -0.3 is 15.4 Å². The van der Waals surface area contributed by atoms with E-state index in [1.54, 1.807) is 7.05 Å². The minimum absolute atomic E-state index is 0.226. The molecule has 1 aliphatic carbocycles. The SMILES string of the molecule is CCCOc1nc(NC)nc(NC2C(C)(C)C2(C)C)n1. The van der Waals surface area contributed by atoms with E-state index in [-0.39, 0.29) is 10.8 Å². The maximum absolute atomic E-state index is 5.50. The Balaban J connectivity index is 2.15. The molecule has 6 heteroatoms. The van der Waals surface area contributed by atoms with Crippen molar-refractivity contribution in [1.82, 2.24) is 15.0 Å². The summed E-state index contributed by atoms with van der Waals surface area (Å²) in [6, 6.07) is 0.714. The van der Waals surface area contributed by atoms with Crippen LogP contribution in [0, 0.1) is 10.8 Å². The smallest absolute Gasteiger partial charge is 0.323 e. The van der Waals surface area contributed by atoms with Gasteiger partial charge in [-0.15, -0.1) is 0 Å². The highest BCUT2D eigenvalue weighted by molar-refractivity contribution is 5.41. The Morgan fingerprint density at radius 2 is 1.65 bits per heavy atom. The molecule has 0 saturated heterocycles. The molecule has 2 rings (SSSR count). The van der Waals surface area contributed by atoms with Crippen LogP contribution in [0.25, 0.3) is 0 Å². The van der Waals surface area contributed by atoms with Crippen molar-refractivity contribution < 1.29 is 4.74 Å². The standard InChI is InChI=1S/C14H25N5O/c1-7-8-20-12-18-10(15-6)17-11(19-12)16-9-13(2,3)14(9,4)5/h9H,7-8H2,1-6H3,(H2,15,16,17,18,19). The van der Waals surface area contributed by atoms with Crippen LogP contribution in [0.5, 0.6) is 6.01 Å². The lowest BCUT2D eigenvalue weighted by atomic mass is 10.0. The van der Waals surface area contributed by atoms with Crippen molar-refractivity contribution in [3.63, 3.8) is 0 Å². The predicted octanol–water partition coefficient (Wildman–Crippen LogP) is 2.55. The van der Waals surface area contributed by atoms with Crippen molar-refractivity contribution in [3.8, 4) is 6.01 Å². The topological polar surface area (TPSA) is 72.0 Å². The van der Waals surface area contributed by atoms with Gasteiger partial charge in [-0.05, 0) is 17.3 Å². The van der Waals surface area contributed by atoms with Crippen molar-refractivity contribution >= 4 is 11.9 Å². The van der Waals surface area contributed by atoms with E-state index in [2.05, 4.69) is 60.2 Å². The second-order valence-electron chi connectivity index (χ2n) is 6.38. The fourth-order valence-electron chi connectivity index (χ4n) is 2.48. The van der Waals surface area contributed by atoms with Gasteiger partial charge in [-0.25, -0.2) is 0 Å². The van der Waals surface area contributed by atoms with Crippen LogP contribution in [-0.2, 0) is 0 Å². The van der Waals surface area contributed by atoms with Gasteiger partial charge in [-0.3, -0.25) is 0 Å². The average Bonchev–Trinajstić information content (AvgIpc) is 2.78. The summed E-state index contributed by atoms with van der Waals surface area (Å²) in [5, 5.41) is 6.34. The third-order valence-corrected chi connectivity index (χ3v) is 4.57. The van der Waals surface area contributed by atoms with Crippen LogP contribution in [0.15, 0.2) is 0 Å². The van der Waals surface area contributed by atoms with Gasteiger partial charge in [0.05, 0.1) is 6.61 Å². The second-order valence-corrected chi connectivity index (χ2v) is 6.38. The highest BCUT2D eigenvalue weighted by Crippen LogP contribution is 2.63. The normalized spacial score (nSPS) is 19.5. The van der Waals surface area contributed by atoms with Crippen LogP contribution in [0.4, 0.5) is 11.9 Å². The van der Waals surface area contributed by atoms with Gasteiger partial charge in [0, 0.05) is 13.1 Å². The van der Waals surface area contributed by atoms with E-state index < -0.39 is 0 Å². The van der Waals surface area contributed by atoms with Gasteiger partial charge in [-0.1, -0.05) is 34.6 Å². The van der Waals surface area contributed by atoms with Crippen molar-refractivity contribution in [2.45, 2.75) is 47.1 Å². The largest absolute Gasteiger partial charge is 0.463 e. The van der Waals surface area contributed by atoms with E-state index in [1.807, 2.05) is 0 Å². The van der Waals surface area contributed by atoms with Crippen molar-refractivity contribution in [2.24, 2.45) is 10.8 Å². The molecule has 0 unspecified atom stereocenters. The number of rotatable bonds is 6. The summed E-state index contributed by atoms with van der Waals surface area (Å²) >= 11 is 0. The van der Waals surface area contributed by atoms with Crippen LogP contribution < -0.4 is 15.4 Å². The zero-order valence-electron chi connectivity index (χ0n) is 13.2. The number of ether oxygens (including phenoxy) is 1. The molecule has 0 spiro atoms. The highest BCUT2D eigenvalue weighted by atomic mass is 16.5. The van der Waals surface area contributed by atoms with E-state index in [1.165, 1.54) is 0 Å². The van der Waals surface area contributed by atoms with Crippen LogP contribution in [0.3, 0.4) is 0 Å². The van der Waals surface area contributed by atoms with Gasteiger partial charge in [0.25, 0.3) is 0 Å². The molecule has 1 aromatic heterocycles. The first-order valence-corrected chi connectivity index (χ1v) is 7.16. The monoisotopic (exact) mass is 279 g/mol. The molecular formula is C14H25N5O. The Labute approximate surface area is 120 Å². The molecule has 0 radical (unpaired) electrons. The predicted molar refractivity (Wildman–Crippen MR) is 80.1 cm³/mol. The zero-order chi connectivity index (χ0) is 15.0. The summed E-state index contributed by atoms with van der Waals surface area (Å²) in [5.74, 6) is 1.09. The molecule has 112 valence electrons. The minimum Gasteiger partial charge on any atom is -0.463 e. The molecule has 1 heterocycles. The Morgan fingerprint density at radius 3 is 2.15 bits per heavy atom. The molecule has 1 aliphatic rings. The van der Waals surface area contributed by atoms with Gasteiger partial charge in [-0.2, -0.15) is 15.0 Å². The molecule has 0 bridgehead atoms. The fourth-order valence-corrected chi connectivity index (χ4v) is 2.48. The number of hydrogen-bond donors (Lipinski definition) is 2. The average molecular weight is 279 g/mol. The Kier molecular flexibility index (Phi) is 3.75. The molecule has 0 atom stereocenters. The quantitative estimate of drug-likeness (QED) is 0.834. The molecule has 1 saturated carbocycles. The summed E-state index contributed by atoms with van der Waals surface area (Å²) < 4.78 is 5.50. The second kappa shape index (κ2) is 5.07. The summed E-state index contributed by atoms with van der Waals surface area (Å²) in [5.41, 5.74) is 0.452. The summed E-state index contributed by atoms with van der Waals surface area (Å²) in [7, 11) is 1.79. The van der Waals surface area contributed by atoms with E-state index in [0.29, 0.717) is 30.6 Å². The van der Waals surface area contributed by atoms with E-state index in [9.17, 15) is 0 Å². The van der Waals surface area contributed by atoms with Crippen molar-refractivity contribution in [3.05, 3.63) is 0 Å². The summed E-state index contributed by atoms with van der Waals surface area (Å²) in [6.07, 6.45) is 0.923. The number of aromatic nitrogens is 3. The van der Waals surface area contributed by atoms with E-state index in [0.717, 1.165) is 6.42 Å². The third kappa shape index (κ3) is 2.51. The van der Waals surface area contributed by atoms with Gasteiger partial charge in [0.1, 0.15) is 0 Å². The molecule has 1 fully saturated rings. The molecule has 0 aliphatic heterocycles. The van der Waals surface area contributed by atoms with Crippen molar-refractivity contribution in [2.75, 3.05) is 24.3 Å². The van der Waals surface area contributed by atoms with Gasteiger partial charge in [0.15, 0.2) is 0 Å². The first kappa shape index (κ1) is 14.8. The first-order chi connectivity index (χ1) is 9.32. The number of hydrogen-bond acceptors (Lipinski definition) is 6. The molecule has 2 N–H and O–H groups in total. The van der Waals surface area contributed by atoms with E-state index >= 15 is 0 Å². The number of nitrogens with one attached hydrogen (secondary N) is 2. The lowest BCUT2D eigenvalue weighted by Gasteiger charge is -2.10. The zero-order valence-corrected chi connectivity index (χ0v) is 13.2. The maximum Gasteiger partial charge on any atom is 0.323 e. The van der Waals surface area contributed by atoms with Crippen LogP contribution in [0.2, 0.25) is 0 Å². The molecule has 6 nitrogen and oxygen atoms in total. The molecule has 0 amide bonds. The fraction of sp³-hybridized carbons (Fsp3) is 0.786. The summed E-state index contributed by atoms with van der Waals surface area (Å²) in [6.45, 7) is 11.7. The molecule has 1 aromatic rings. The Morgan fingerprint density at radius 1 is 1.05 bits per heavy atom. The van der Waals surface area contributed by atoms with Crippen molar-refractivity contribution in [1.29, 1.82) is 0 Å². The van der Waals surface area contributed by atoms with Crippen LogP contribution >= 0.6 is 0 Å². The molecular weight excluding hydrogens is 254 g/mol. The van der Waals surface area contributed by atoms with Gasteiger partial charge >= 0.3 is 6.01 Å². The number of nitrogens with zero attached hydrogens (tertiary/aromatic N) is 3. The Bertz CT molecular complexity index is 472. The van der Waals surface area contributed by atoms with Crippen LogP contribution in [-0.4, -0.2) is 34.6 Å². The Hall–Kier alpha value is -1.59.